The van der Waals surface area contributed by atoms with Crippen molar-refractivity contribution in [2.75, 3.05) is 24.7 Å². The fourth-order valence-electron chi connectivity index (χ4n) is 2.12. The van der Waals surface area contributed by atoms with E-state index in [0.717, 1.165) is 23.4 Å². The van der Waals surface area contributed by atoms with Crippen molar-refractivity contribution in [3.05, 3.63) is 47.7 Å². The van der Waals surface area contributed by atoms with E-state index in [0.29, 0.717) is 17.6 Å². The number of methoxy groups -OCH3 is 1. The average Bonchev–Trinajstić information content (AvgIpc) is 2.64. The zero-order chi connectivity index (χ0) is 20.7. The highest BCUT2D eigenvalue weighted by Gasteiger charge is 2.30. The first-order valence-corrected chi connectivity index (χ1v) is 9.05. The van der Waals surface area contributed by atoms with Gasteiger partial charge in [-0.05, 0) is 36.8 Å². The van der Waals surface area contributed by atoms with Gasteiger partial charge >= 0.3 is 6.18 Å². The van der Waals surface area contributed by atoms with Gasteiger partial charge in [-0.15, -0.1) is 0 Å². The molecule has 2 amide bonds. The maximum Gasteiger partial charge on any atom is 0.417 e. The van der Waals surface area contributed by atoms with Crippen molar-refractivity contribution in [2.45, 2.75) is 18.1 Å². The number of hydrogen-bond acceptors (Lipinski definition) is 5. The van der Waals surface area contributed by atoms with E-state index in [4.69, 9.17) is 4.74 Å². The Labute approximate surface area is 163 Å². The van der Waals surface area contributed by atoms with Crippen LogP contribution in [0.15, 0.2) is 41.6 Å². The Bertz CT molecular complexity index is 842. The molecule has 1 aromatic heterocycles. The van der Waals surface area contributed by atoms with Crippen molar-refractivity contribution < 1.29 is 27.5 Å². The highest BCUT2D eigenvalue weighted by Crippen LogP contribution is 2.29. The summed E-state index contributed by atoms with van der Waals surface area (Å²) in [5.74, 6) is -0.471. The molecule has 0 fully saturated rings. The molecule has 6 nitrogen and oxygen atoms in total. The first kappa shape index (κ1) is 21.5. The molecule has 2 aromatic rings. The molecule has 0 saturated carbocycles. The lowest BCUT2D eigenvalue weighted by molar-refractivity contribution is -0.137. The number of ether oxygens (including phenoxy) is 1. The number of thioether (sulfide) groups is 1. The van der Waals surface area contributed by atoms with Crippen LogP contribution in [0.1, 0.15) is 11.1 Å². The van der Waals surface area contributed by atoms with Crippen LogP contribution in [0.2, 0.25) is 0 Å². The quantitative estimate of drug-likeness (QED) is 0.681. The van der Waals surface area contributed by atoms with Gasteiger partial charge in [-0.25, -0.2) is 4.98 Å². The van der Waals surface area contributed by atoms with Gasteiger partial charge in [-0.1, -0.05) is 17.8 Å². The van der Waals surface area contributed by atoms with E-state index in [2.05, 4.69) is 15.6 Å². The first-order valence-electron chi connectivity index (χ1n) is 8.06. The third kappa shape index (κ3) is 6.45. The van der Waals surface area contributed by atoms with Gasteiger partial charge in [-0.2, -0.15) is 13.2 Å². The minimum atomic E-state index is -4.46. The molecule has 0 aliphatic rings. The predicted molar refractivity (Wildman–Crippen MR) is 99.3 cm³/mol. The Kier molecular flexibility index (Phi) is 7.27. The summed E-state index contributed by atoms with van der Waals surface area (Å²) in [6.07, 6.45) is -3.75. The van der Waals surface area contributed by atoms with Gasteiger partial charge < -0.3 is 15.4 Å². The van der Waals surface area contributed by atoms with E-state index in [9.17, 15) is 22.8 Å². The fraction of sp³-hybridized carbons (Fsp3) is 0.278. The number of amides is 2. The van der Waals surface area contributed by atoms with Crippen LogP contribution in [-0.2, 0) is 15.8 Å². The van der Waals surface area contributed by atoms with Crippen LogP contribution >= 0.6 is 11.8 Å². The van der Waals surface area contributed by atoms with Crippen molar-refractivity contribution in [3.63, 3.8) is 0 Å². The number of aromatic nitrogens is 1. The highest BCUT2D eigenvalue weighted by atomic mass is 32.2. The number of aryl methyl sites for hydroxylation is 1. The SMILES string of the molecule is COc1ccc(C)cc1NC(=O)CNC(=O)CSc1ccc(C(F)(F)F)cn1. The number of halogens is 3. The molecule has 2 N–H and O–H groups in total. The lowest BCUT2D eigenvalue weighted by Crippen LogP contribution is -2.34. The molecule has 0 aliphatic carbocycles. The number of alkyl halides is 3. The molecule has 10 heteroatoms. The van der Waals surface area contributed by atoms with Gasteiger partial charge in [0.15, 0.2) is 0 Å². The summed E-state index contributed by atoms with van der Waals surface area (Å²) < 4.78 is 42.6. The Balaban J connectivity index is 1.79. The van der Waals surface area contributed by atoms with Gasteiger partial charge in [0.2, 0.25) is 11.8 Å². The highest BCUT2D eigenvalue weighted by molar-refractivity contribution is 7.99. The van der Waals surface area contributed by atoms with Crippen LogP contribution in [0.4, 0.5) is 18.9 Å². The summed E-state index contributed by atoms with van der Waals surface area (Å²) in [6.45, 7) is 1.61. The molecule has 2 rings (SSSR count). The second kappa shape index (κ2) is 9.45. The summed E-state index contributed by atoms with van der Waals surface area (Å²) in [6, 6.07) is 7.39. The molecule has 0 radical (unpaired) electrons. The molecule has 150 valence electrons. The minimum absolute atomic E-state index is 0.0839. The Morgan fingerprint density at radius 1 is 1.18 bits per heavy atom. The normalized spacial score (nSPS) is 11.0. The lowest BCUT2D eigenvalue weighted by Gasteiger charge is -2.11. The fourth-order valence-corrected chi connectivity index (χ4v) is 2.79. The van der Waals surface area contributed by atoms with E-state index in [-0.39, 0.29) is 17.3 Å². The number of rotatable bonds is 7. The maximum absolute atomic E-state index is 12.5. The third-order valence-electron chi connectivity index (χ3n) is 3.49. The van der Waals surface area contributed by atoms with Gasteiger partial charge in [0.25, 0.3) is 0 Å². The smallest absolute Gasteiger partial charge is 0.417 e. The number of pyridine rings is 1. The molecule has 0 bridgehead atoms. The zero-order valence-corrected chi connectivity index (χ0v) is 15.9. The molecule has 0 spiro atoms. The van der Waals surface area contributed by atoms with Gasteiger partial charge in [0, 0.05) is 6.20 Å². The Morgan fingerprint density at radius 3 is 2.54 bits per heavy atom. The average molecular weight is 413 g/mol. The van der Waals surface area contributed by atoms with Crippen molar-refractivity contribution >= 4 is 29.3 Å². The summed E-state index contributed by atoms with van der Waals surface area (Å²) in [7, 11) is 1.48. The topological polar surface area (TPSA) is 80.3 Å². The molecule has 0 aliphatic heterocycles. The van der Waals surface area contributed by atoms with Crippen LogP contribution in [0.3, 0.4) is 0 Å². The monoisotopic (exact) mass is 413 g/mol. The Morgan fingerprint density at radius 2 is 1.93 bits per heavy atom. The number of nitrogens with zero attached hydrogens (tertiary/aromatic N) is 1. The van der Waals surface area contributed by atoms with Crippen LogP contribution in [0.5, 0.6) is 5.75 Å². The second-order valence-electron chi connectivity index (χ2n) is 5.70. The van der Waals surface area contributed by atoms with Gasteiger partial charge in [0.05, 0.1) is 35.7 Å². The number of benzene rings is 1. The molecule has 28 heavy (non-hydrogen) atoms. The lowest BCUT2D eigenvalue weighted by atomic mass is 10.2. The summed E-state index contributed by atoms with van der Waals surface area (Å²) >= 11 is 0.969. The largest absolute Gasteiger partial charge is 0.495 e. The van der Waals surface area contributed by atoms with Crippen LogP contribution in [0, 0.1) is 6.92 Å². The molecule has 1 aromatic carbocycles. The van der Waals surface area contributed by atoms with E-state index in [1.54, 1.807) is 12.1 Å². The Hall–Kier alpha value is -2.75. The minimum Gasteiger partial charge on any atom is -0.495 e. The van der Waals surface area contributed by atoms with E-state index >= 15 is 0 Å². The molecule has 0 unspecified atom stereocenters. The van der Waals surface area contributed by atoms with E-state index < -0.39 is 23.6 Å². The molecular weight excluding hydrogens is 395 g/mol. The van der Waals surface area contributed by atoms with Crippen LogP contribution in [-0.4, -0.2) is 36.2 Å². The van der Waals surface area contributed by atoms with Crippen LogP contribution < -0.4 is 15.4 Å². The number of nitrogens with one attached hydrogen (secondary N) is 2. The standard InChI is InChI=1S/C18H18F3N3O3S/c1-11-3-5-14(27-2)13(7-11)24-15(25)9-22-16(26)10-28-17-6-4-12(8-23-17)18(19,20)21/h3-8H,9-10H2,1-2H3,(H,22,26)(H,24,25). The molecule has 1 heterocycles. The summed E-state index contributed by atoms with van der Waals surface area (Å²) in [4.78, 5) is 27.5. The van der Waals surface area contributed by atoms with Crippen molar-refractivity contribution in [2.24, 2.45) is 0 Å². The van der Waals surface area contributed by atoms with Crippen molar-refractivity contribution in [1.82, 2.24) is 10.3 Å². The van der Waals surface area contributed by atoms with Gasteiger partial charge in [0.1, 0.15) is 5.75 Å². The van der Waals surface area contributed by atoms with E-state index in [1.165, 1.54) is 13.2 Å². The third-order valence-corrected chi connectivity index (χ3v) is 4.43. The summed E-state index contributed by atoms with van der Waals surface area (Å²) in [5, 5.41) is 5.36. The zero-order valence-electron chi connectivity index (χ0n) is 15.1. The predicted octanol–water partition coefficient (Wildman–Crippen LogP) is 3.26. The van der Waals surface area contributed by atoms with E-state index in [1.807, 2.05) is 13.0 Å². The molecule has 0 atom stereocenters. The summed E-state index contributed by atoms with van der Waals surface area (Å²) in [5.41, 5.74) is 0.565. The van der Waals surface area contributed by atoms with Crippen molar-refractivity contribution in [1.29, 1.82) is 0 Å². The van der Waals surface area contributed by atoms with Crippen LogP contribution in [0.25, 0.3) is 0 Å². The second-order valence-corrected chi connectivity index (χ2v) is 6.70. The number of carbonyl (C=O) groups is 2. The molecule has 0 saturated heterocycles. The van der Waals surface area contributed by atoms with Gasteiger partial charge in [-0.3, -0.25) is 9.59 Å². The number of carbonyl (C=O) groups excluding carboxylic acids is 2. The molecular formula is C18H18F3N3O3S. The number of hydrogen-bond donors (Lipinski definition) is 2. The number of anilines is 1. The van der Waals surface area contributed by atoms with Crippen molar-refractivity contribution in [3.8, 4) is 5.75 Å². The first-order chi connectivity index (χ1) is 13.2. The maximum atomic E-state index is 12.5.